The quantitative estimate of drug-likeness (QED) is 0.0220. The highest BCUT2D eigenvalue weighted by atomic mass is 19.2. The van der Waals surface area contributed by atoms with Crippen LogP contribution < -0.4 is 14.2 Å². The molecule has 0 radical (unpaired) electrons. The molecule has 0 aromatic heterocycles. The molecule has 6 nitrogen and oxygen atoms in total. The zero-order valence-corrected chi connectivity index (χ0v) is 58.5. The Kier molecular flexibility index (Phi) is 36.0. The summed E-state index contributed by atoms with van der Waals surface area (Å²) in [5.74, 6) is 0.576. The Morgan fingerprint density at radius 2 is 0.832 bits per heavy atom. The van der Waals surface area contributed by atoms with E-state index in [0.717, 1.165) is 80.3 Å². The molecule has 95 heavy (non-hydrogen) atoms. The van der Waals surface area contributed by atoms with Crippen LogP contribution in [-0.4, -0.2) is 31.9 Å². The van der Waals surface area contributed by atoms with Gasteiger partial charge in [0, 0.05) is 11.1 Å². The van der Waals surface area contributed by atoms with Crippen molar-refractivity contribution >= 4 is 5.97 Å². The molecule has 2 aliphatic carbocycles. The zero-order valence-electron chi connectivity index (χ0n) is 58.5. The fourth-order valence-corrected chi connectivity index (χ4v) is 13.1. The monoisotopic (exact) mass is 1310 g/mol. The minimum Gasteiger partial charge on any atom is -0.494 e. The molecule has 0 heterocycles. The molecule has 8 rings (SSSR count). The highest BCUT2D eigenvalue weighted by Crippen LogP contribution is 2.37. The van der Waals surface area contributed by atoms with Gasteiger partial charge < -0.3 is 18.9 Å². The van der Waals surface area contributed by atoms with Crippen molar-refractivity contribution in [3.63, 3.8) is 0 Å². The first-order chi connectivity index (χ1) is 46.2. The molecule has 0 aliphatic heterocycles. The number of unbranched alkanes of at least 4 members (excludes halogenated alkanes) is 17. The van der Waals surface area contributed by atoms with Gasteiger partial charge in [0.25, 0.3) is 0 Å². The van der Waals surface area contributed by atoms with Crippen molar-refractivity contribution in [2.75, 3.05) is 19.8 Å². The average Bonchev–Trinajstić information content (AvgIpc) is 0.829. The highest BCUT2D eigenvalue weighted by molar-refractivity contribution is 5.90. The lowest BCUT2D eigenvalue weighted by atomic mass is 9.77. The van der Waals surface area contributed by atoms with E-state index in [9.17, 15) is 26.7 Å². The summed E-state index contributed by atoms with van der Waals surface area (Å²) in [5.41, 5.74) is 4.86. The summed E-state index contributed by atoms with van der Waals surface area (Å²) in [7, 11) is 0. The topological polar surface area (TPSA) is 77.8 Å². The molecule has 6 aromatic carbocycles. The van der Waals surface area contributed by atoms with Crippen molar-refractivity contribution in [3.05, 3.63) is 161 Å². The van der Waals surface area contributed by atoms with Crippen molar-refractivity contribution in [2.45, 2.75) is 253 Å². The number of hydrogen-bond acceptors (Lipinski definition) is 6. The molecule has 2 fully saturated rings. The summed E-state index contributed by atoms with van der Waals surface area (Å²) in [5, 5.41) is 8.71. The lowest BCUT2D eigenvalue weighted by Gasteiger charge is -2.28. The van der Waals surface area contributed by atoms with Gasteiger partial charge in [0.15, 0.2) is 40.9 Å². The third-order valence-electron chi connectivity index (χ3n) is 19.1. The van der Waals surface area contributed by atoms with Crippen molar-refractivity contribution in [1.29, 1.82) is 5.26 Å². The summed E-state index contributed by atoms with van der Waals surface area (Å²) in [4.78, 5) is 11.9. The molecular formula is C84H112F5NO5. The summed E-state index contributed by atoms with van der Waals surface area (Å²) in [6.45, 7) is 14.6. The van der Waals surface area contributed by atoms with Crippen LogP contribution in [0.15, 0.2) is 115 Å². The Balaban J connectivity index is 0.000000227. The SMILES string of the molecule is CCCCCCCCCCOc1ccc(-c2ccc(CC3CCC(CCC)CC3)c(F)c2F)cc1.CCCCCCCCOc1ccc(-c2ccc(C(=O)OC(C)C#N)cc2)cc1F.CCCCCCCCOc1ccc(-c2ccc(CC3CCC(C)CC3)c(F)c2F)cc1. The number of esters is 1. The molecule has 2 saturated carbocycles. The first-order valence-electron chi connectivity index (χ1n) is 36.8. The van der Waals surface area contributed by atoms with Crippen LogP contribution in [-0.2, 0) is 17.6 Å². The van der Waals surface area contributed by atoms with Crippen LogP contribution in [0.1, 0.15) is 256 Å². The van der Waals surface area contributed by atoms with E-state index in [1.807, 2.05) is 54.6 Å². The van der Waals surface area contributed by atoms with Crippen LogP contribution in [0.2, 0.25) is 0 Å². The molecule has 0 saturated heterocycles. The Labute approximate surface area is 568 Å². The number of halogens is 5. The van der Waals surface area contributed by atoms with Gasteiger partial charge in [-0.1, -0.05) is 249 Å². The van der Waals surface area contributed by atoms with E-state index in [4.69, 9.17) is 24.2 Å². The van der Waals surface area contributed by atoms with Crippen LogP contribution in [0, 0.1) is 64.1 Å². The Bertz CT molecular complexity index is 3140. The van der Waals surface area contributed by atoms with Crippen molar-refractivity contribution in [3.8, 4) is 56.7 Å². The second kappa shape index (κ2) is 44.2. The van der Waals surface area contributed by atoms with Gasteiger partial charge in [-0.15, -0.1) is 0 Å². The summed E-state index contributed by atoms with van der Waals surface area (Å²) < 4.78 is 96.1. The first-order valence-corrected chi connectivity index (χ1v) is 36.8. The molecule has 518 valence electrons. The van der Waals surface area contributed by atoms with E-state index in [-0.39, 0.29) is 5.75 Å². The van der Waals surface area contributed by atoms with Gasteiger partial charge in [-0.05, 0) is 170 Å². The van der Waals surface area contributed by atoms with Gasteiger partial charge in [-0.3, -0.25) is 0 Å². The van der Waals surface area contributed by atoms with Crippen LogP contribution in [0.3, 0.4) is 0 Å². The molecular weight excluding hydrogens is 1200 g/mol. The maximum atomic E-state index is 15.0. The number of nitrogens with zero attached hydrogens (tertiary/aromatic N) is 1. The summed E-state index contributed by atoms with van der Waals surface area (Å²) >= 11 is 0. The number of nitriles is 1. The molecule has 0 spiro atoms. The van der Waals surface area contributed by atoms with Gasteiger partial charge in [-0.25, -0.2) is 26.7 Å². The van der Waals surface area contributed by atoms with Crippen LogP contribution in [0.25, 0.3) is 33.4 Å². The third kappa shape index (κ3) is 27.4. The minimum atomic E-state index is -0.805. The zero-order chi connectivity index (χ0) is 68.0. The maximum Gasteiger partial charge on any atom is 0.339 e. The maximum absolute atomic E-state index is 15.0. The van der Waals surface area contributed by atoms with Crippen molar-refractivity contribution in [1.82, 2.24) is 0 Å². The van der Waals surface area contributed by atoms with E-state index >= 15 is 0 Å². The number of carbonyl (C=O) groups excluding carboxylic acids is 1. The Hall–Kier alpha value is -6.67. The first kappa shape index (κ1) is 77.3. The van der Waals surface area contributed by atoms with Gasteiger partial charge >= 0.3 is 5.97 Å². The van der Waals surface area contributed by atoms with E-state index in [1.54, 1.807) is 60.7 Å². The minimum absolute atomic E-state index is 0.257. The molecule has 1 unspecified atom stereocenters. The largest absolute Gasteiger partial charge is 0.494 e. The summed E-state index contributed by atoms with van der Waals surface area (Å²) in [6.07, 6.45) is 36.8. The lowest BCUT2D eigenvalue weighted by molar-refractivity contribution is 0.0435. The standard InChI is InChI=1S/C32H46F2O.C28H38F2O.C24H28FNO3/c1-3-5-6-7-8-9-10-11-23-35-29-20-17-27(18-21-29)30-22-19-28(31(33)32(30)34)24-26-15-13-25(12-4-2)14-16-26;1-3-4-5-6-7-8-19-31-25-16-13-23(14-17-25)26-18-15-24(27(29)28(26)30)20-22-11-9-21(2)10-12-22;1-3-4-5-6-7-8-15-28-23-14-13-21(16-22(23)25)19-9-11-20(12-10-19)24(27)29-18(2)17-26/h17-22,25-26H,3-16,23-24H2,1-2H3;13-18,21-22H,3-12,19-20H2,1-2H3;9-14,16,18H,3-8,15H2,1-2H3. The number of hydrogen-bond donors (Lipinski definition) is 0. The van der Waals surface area contributed by atoms with Gasteiger partial charge in [0.1, 0.15) is 17.6 Å². The number of benzene rings is 6. The lowest BCUT2D eigenvalue weighted by Crippen LogP contribution is -2.17. The smallest absolute Gasteiger partial charge is 0.339 e. The van der Waals surface area contributed by atoms with Gasteiger partial charge in [-0.2, -0.15) is 5.26 Å². The predicted octanol–water partition coefficient (Wildman–Crippen LogP) is 25.3. The van der Waals surface area contributed by atoms with E-state index in [2.05, 4.69) is 34.6 Å². The third-order valence-corrected chi connectivity index (χ3v) is 19.1. The Morgan fingerprint density at radius 3 is 1.25 bits per heavy atom. The van der Waals surface area contributed by atoms with E-state index in [0.29, 0.717) is 89.0 Å². The van der Waals surface area contributed by atoms with Crippen LogP contribution >= 0.6 is 0 Å². The molecule has 1 atom stereocenters. The normalized spacial score (nSPS) is 16.3. The fourth-order valence-electron chi connectivity index (χ4n) is 13.1. The second-order valence-corrected chi connectivity index (χ2v) is 27.0. The molecule has 0 bridgehead atoms. The fraction of sp³-hybridized carbons (Fsp3) is 0.548. The van der Waals surface area contributed by atoms with Crippen LogP contribution in [0.5, 0.6) is 17.2 Å². The van der Waals surface area contributed by atoms with Crippen molar-refractivity contribution in [2.24, 2.45) is 23.7 Å². The molecule has 2 aliphatic rings. The highest BCUT2D eigenvalue weighted by Gasteiger charge is 2.25. The molecule has 0 N–H and O–H groups in total. The number of ether oxygens (including phenoxy) is 4. The van der Waals surface area contributed by atoms with E-state index in [1.165, 1.54) is 154 Å². The summed E-state index contributed by atoms with van der Waals surface area (Å²) in [6, 6.07) is 35.1. The van der Waals surface area contributed by atoms with Gasteiger partial charge in [0.05, 0.1) is 25.4 Å². The number of rotatable bonds is 37. The van der Waals surface area contributed by atoms with Gasteiger partial charge in [0.2, 0.25) is 0 Å². The molecule has 11 heteroatoms. The van der Waals surface area contributed by atoms with E-state index < -0.39 is 41.2 Å². The number of carbonyl (C=O) groups is 1. The molecule has 0 amide bonds. The second-order valence-electron chi connectivity index (χ2n) is 27.0. The predicted molar refractivity (Wildman–Crippen MR) is 381 cm³/mol. The Morgan fingerprint density at radius 1 is 0.442 bits per heavy atom. The van der Waals surface area contributed by atoms with Crippen LogP contribution in [0.4, 0.5) is 22.0 Å². The van der Waals surface area contributed by atoms with Crippen molar-refractivity contribution < 1.29 is 45.7 Å². The average molecular weight is 1310 g/mol. The molecule has 6 aromatic rings.